The van der Waals surface area contributed by atoms with Gasteiger partial charge in [-0.3, -0.25) is 15.0 Å². The number of fused-ring (bicyclic) bond motifs is 1. The van der Waals surface area contributed by atoms with Crippen LogP contribution >= 0.6 is 0 Å². The first kappa shape index (κ1) is 16.0. The van der Waals surface area contributed by atoms with Crippen molar-refractivity contribution in [2.75, 3.05) is 13.1 Å². The predicted octanol–water partition coefficient (Wildman–Crippen LogP) is 3.64. The van der Waals surface area contributed by atoms with Crippen molar-refractivity contribution in [2.24, 2.45) is 0 Å². The van der Waals surface area contributed by atoms with Crippen LogP contribution in [-0.2, 0) is 6.54 Å². The maximum Gasteiger partial charge on any atom is 0.137 e. The summed E-state index contributed by atoms with van der Waals surface area (Å²) in [5.41, 5.74) is 6.96. The Hall–Kier alpha value is -3.25. The Morgan fingerprint density at radius 3 is 2.93 bits per heavy atom. The maximum absolute atomic E-state index is 4.39. The van der Waals surface area contributed by atoms with Crippen molar-refractivity contribution in [1.82, 2.24) is 30.0 Å². The van der Waals surface area contributed by atoms with Crippen molar-refractivity contribution in [3.05, 3.63) is 72.5 Å². The molecule has 1 aliphatic heterocycles. The van der Waals surface area contributed by atoms with Crippen molar-refractivity contribution >= 4 is 16.6 Å². The molecule has 6 nitrogen and oxygen atoms in total. The van der Waals surface area contributed by atoms with Gasteiger partial charge >= 0.3 is 0 Å². The summed E-state index contributed by atoms with van der Waals surface area (Å²) in [6.07, 6.45) is 12.9. The van der Waals surface area contributed by atoms with Crippen molar-refractivity contribution in [2.45, 2.75) is 13.0 Å². The summed E-state index contributed by atoms with van der Waals surface area (Å²) in [7, 11) is 0. The first-order valence-corrected chi connectivity index (χ1v) is 9.15. The summed E-state index contributed by atoms with van der Waals surface area (Å²) in [6, 6.07) is 8.14. The van der Waals surface area contributed by atoms with Crippen LogP contribution in [0.5, 0.6) is 0 Å². The highest BCUT2D eigenvalue weighted by atomic mass is 15.1. The summed E-state index contributed by atoms with van der Waals surface area (Å²) in [5.74, 6) is 0. The molecule has 6 heteroatoms. The van der Waals surface area contributed by atoms with Crippen molar-refractivity contribution in [1.29, 1.82) is 0 Å². The molecule has 0 bridgehead atoms. The van der Waals surface area contributed by atoms with Gasteiger partial charge in [0.25, 0.3) is 0 Å². The number of rotatable bonds is 4. The van der Waals surface area contributed by atoms with Crippen molar-refractivity contribution in [3.63, 3.8) is 0 Å². The zero-order valence-electron chi connectivity index (χ0n) is 14.9. The van der Waals surface area contributed by atoms with Crippen molar-refractivity contribution < 1.29 is 0 Å². The van der Waals surface area contributed by atoms with E-state index in [-0.39, 0.29) is 0 Å². The van der Waals surface area contributed by atoms with Gasteiger partial charge < -0.3 is 4.98 Å². The maximum atomic E-state index is 4.39. The van der Waals surface area contributed by atoms with E-state index in [1.165, 1.54) is 22.1 Å². The van der Waals surface area contributed by atoms with E-state index in [2.05, 4.69) is 54.5 Å². The smallest absolute Gasteiger partial charge is 0.137 e. The summed E-state index contributed by atoms with van der Waals surface area (Å²) in [5, 5.41) is 8.57. The number of aromatic amines is 2. The van der Waals surface area contributed by atoms with Gasteiger partial charge in [0.2, 0.25) is 0 Å². The van der Waals surface area contributed by atoms with E-state index in [0.29, 0.717) is 0 Å². The Morgan fingerprint density at radius 1 is 1.11 bits per heavy atom. The van der Waals surface area contributed by atoms with Crippen LogP contribution in [0.15, 0.2) is 61.3 Å². The minimum absolute atomic E-state index is 0.875. The van der Waals surface area contributed by atoms with Gasteiger partial charge in [-0.05, 0) is 36.3 Å². The molecule has 27 heavy (non-hydrogen) atoms. The lowest BCUT2D eigenvalue weighted by atomic mass is 9.99. The molecule has 0 fully saturated rings. The number of hydrogen-bond donors (Lipinski definition) is 2. The molecule has 0 atom stereocenters. The number of pyridine rings is 2. The third-order valence-corrected chi connectivity index (χ3v) is 5.15. The first-order valence-electron chi connectivity index (χ1n) is 9.15. The van der Waals surface area contributed by atoms with E-state index in [1.54, 1.807) is 6.20 Å². The lowest BCUT2D eigenvalue weighted by Crippen LogP contribution is -2.28. The number of nitrogens with one attached hydrogen (secondary N) is 2. The Balaban J connectivity index is 1.34. The molecular formula is C21H20N6. The molecule has 5 rings (SSSR count). The van der Waals surface area contributed by atoms with Gasteiger partial charge in [-0.2, -0.15) is 5.10 Å². The van der Waals surface area contributed by atoms with E-state index in [0.717, 1.165) is 43.0 Å². The fourth-order valence-electron chi connectivity index (χ4n) is 3.75. The highest BCUT2D eigenvalue weighted by Gasteiger charge is 2.18. The van der Waals surface area contributed by atoms with Crippen LogP contribution in [0.2, 0.25) is 0 Å². The third kappa shape index (κ3) is 3.04. The van der Waals surface area contributed by atoms with Gasteiger partial charge in [-0.15, -0.1) is 0 Å². The van der Waals surface area contributed by atoms with Crippen LogP contribution in [0.25, 0.3) is 27.9 Å². The highest BCUT2D eigenvalue weighted by molar-refractivity contribution is 5.90. The molecule has 0 aliphatic carbocycles. The largest absolute Gasteiger partial charge is 0.346 e. The van der Waals surface area contributed by atoms with Gasteiger partial charge in [-0.1, -0.05) is 6.08 Å². The van der Waals surface area contributed by atoms with Gasteiger partial charge in [0.05, 0.1) is 11.9 Å². The van der Waals surface area contributed by atoms with Gasteiger partial charge in [-0.25, -0.2) is 4.98 Å². The van der Waals surface area contributed by atoms with Crippen molar-refractivity contribution in [3.8, 4) is 11.3 Å². The summed E-state index contributed by atoms with van der Waals surface area (Å²) >= 11 is 0. The number of aromatic nitrogens is 5. The van der Waals surface area contributed by atoms with E-state index in [1.807, 2.05) is 30.7 Å². The molecule has 0 spiro atoms. The number of hydrogen-bond acceptors (Lipinski definition) is 4. The second-order valence-corrected chi connectivity index (χ2v) is 6.83. The number of H-pyrrole nitrogens is 2. The van der Waals surface area contributed by atoms with Crippen LogP contribution in [-0.4, -0.2) is 43.1 Å². The standard InChI is InChI=1S/C21H20N6/c1-3-16(11-22-7-1)20-17(12-25-26-20)14-27-9-5-15(6-10-27)19-13-24-21-18(19)4-2-8-23-21/h1-5,7-8,11-13H,6,9-10,14H2,(H,23,24)(H,25,26). The number of nitrogens with zero attached hydrogens (tertiary/aromatic N) is 4. The second-order valence-electron chi connectivity index (χ2n) is 6.83. The molecule has 4 aromatic rings. The lowest BCUT2D eigenvalue weighted by molar-refractivity contribution is 0.294. The third-order valence-electron chi connectivity index (χ3n) is 5.15. The Labute approximate surface area is 157 Å². The molecule has 0 unspecified atom stereocenters. The molecule has 0 saturated heterocycles. The van der Waals surface area contributed by atoms with E-state index in [4.69, 9.17) is 0 Å². The second kappa shape index (κ2) is 6.81. The van der Waals surface area contributed by atoms with E-state index in [9.17, 15) is 0 Å². The lowest BCUT2D eigenvalue weighted by Gasteiger charge is -2.26. The molecule has 134 valence electrons. The SMILES string of the molecule is C1=C(c2c[nH]c3ncccc23)CCN(Cc2cn[nH]c2-c2cccnc2)C1. The minimum Gasteiger partial charge on any atom is -0.346 e. The zero-order valence-corrected chi connectivity index (χ0v) is 14.9. The highest BCUT2D eigenvalue weighted by Crippen LogP contribution is 2.29. The molecular weight excluding hydrogens is 336 g/mol. The summed E-state index contributed by atoms with van der Waals surface area (Å²) in [6.45, 7) is 2.83. The van der Waals surface area contributed by atoms with E-state index < -0.39 is 0 Å². The molecule has 4 aromatic heterocycles. The van der Waals surface area contributed by atoms with Gasteiger partial charge in [0.1, 0.15) is 5.65 Å². The first-order chi connectivity index (χ1) is 13.4. The van der Waals surface area contributed by atoms with E-state index >= 15 is 0 Å². The molecule has 5 heterocycles. The summed E-state index contributed by atoms with van der Waals surface area (Å²) in [4.78, 5) is 14.3. The molecule has 0 amide bonds. The molecule has 2 N–H and O–H groups in total. The quantitative estimate of drug-likeness (QED) is 0.585. The fourth-order valence-corrected chi connectivity index (χ4v) is 3.75. The molecule has 0 radical (unpaired) electrons. The zero-order chi connectivity index (χ0) is 18.1. The molecule has 0 saturated carbocycles. The predicted molar refractivity (Wildman–Crippen MR) is 106 cm³/mol. The monoisotopic (exact) mass is 356 g/mol. The molecule has 1 aliphatic rings. The topological polar surface area (TPSA) is 73.5 Å². The van der Waals surface area contributed by atoms with Crippen LogP contribution in [0.3, 0.4) is 0 Å². The Morgan fingerprint density at radius 2 is 2.07 bits per heavy atom. The van der Waals surface area contributed by atoms with Crippen LogP contribution < -0.4 is 0 Å². The Bertz CT molecular complexity index is 1090. The van der Waals surface area contributed by atoms with Gasteiger partial charge in [0, 0.05) is 66.5 Å². The van der Waals surface area contributed by atoms with Crippen LogP contribution in [0, 0.1) is 0 Å². The summed E-state index contributed by atoms with van der Waals surface area (Å²) < 4.78 is 0. The Kier molecular flexibility index (Phi) is 4.03. The average Bonchev–Trinajstić information content (AvgIpc) is 3.36. The average molecular weight is 356 g/mol. The van der Waals surface area contributed by atoms with Gasteiger partial charge in [0.15, 0.2) is 0 Å². The van der Waals surface area contributed by atoms with Crippen LogP contribution in [0.1, 0.15) is 17.5 Å². The minimum atomic E-state index is 0.875. The molecule has 0 aromatic carbocycles. The fraction of sp³-hybridized carbons (Fsp3) is 0.190. The normalized spacial score (nSPS) is 15.2. The van der Waals surface area contributed by atoms with Crippen LogP contribution in [0.4, 0.5) is 0 Å².